The molecule has 3 N–H and O–H groups in total. The molecule has 0 atom stereocenters. The van der Waals surface area contributed by atoms with Crippen molar-refractivity contribution in [2.24, 2.45) is 5.92 Å². The van der Waals surface area contributed by atoms with Crippen molar-refractivity contribution in [3.8, 4) is 0 Å². The van der Waals surface area contributed by atoms with E-state index >= 15 is 0 Å². The lowest BCUT2D eigenvalue weighted by atomic mass is 9.96. The molecule has 0 bridgehead atoms. The summed E-state index contributed by atoms with van der Waals surface area (Å²) in [7, 11) is 0. The average molecular weight is 439 g/mol. The van der Waals surface area contributed by atoms with Crippen molar-refractivity contribution in [2.45, 2.75) is 19.4 Å². The minimum atomic E-state index is -0.276. The average Bonchev–Trinajstić information content (AvgIpc) is 3.23. The topological polar surface area (TPSA) is 77.2 Å². The number of nitrogens with one attached hydrogen (secondary N) is 3. The zero-order valence-electron chi connectivity index (χ0n) is 17.4. The number of aromatic amines is 1. The molecule has 1 aliphatic rings. The van der Waals surface area contributed by atoms with Crippen molar-refractivity contribution in [1.29, 1.82) is 0 Å². The Morgan fingerprint density at radius 3 is 2.52 bits per heavy atom. The molecule has 0 spiro atoms. The minimum Gasteiger partial charge on any atom is -0.354 e. The van der Waals surface area contributed by atoms with Crippen molar-refractivity contribution in [3.63, 3.8) is 0 Å². The summed E-state index contributed by atoms with van der Waals surface area (Å²) in [6.07, 6.45) is 2.10. The third-order valence-electron chi connectivity index (χ3n) is 5.80. The summed E-state index contributed by atoms with van der Waals surface area (Å²) < 4.78 is 0. The number of rotatable bonds is 7. The van der Waals surface area contributed by atoms with Gasteiger partial charge in [0, 0.05) is 29.0 Å². The fraction of sp³-hybridized carbons (Fsp3) is 0.333. The molecule has 1 aromatic heterocycles. The molecular formula is C24H27ClN4O2. The van der Waals surface area contributed by atoms with E-state index in [1.165, 1.54) is 5.56 Å². The third kappa shape index (κ3) is 5.87. The predicted octanol–water partition coefficient (Wildman–Crippen LogP) is 3.58. The highest BCUT2D eigenvalue weighted by molar-refractivity contribution is 6.30. The number of H-pyrrole nitrogens is 1. The molecule has 1 saturated heterocycles. The standard InChI is InChI=1S/C24H27ClN4O2/c25-20-7-5-18(6-8-20)16-29-11-9-17(10-12-29)14-26-23(30)15-27-24(31)22-13-19-3-1-2-4-21(19)28-22/h1-8,13,17,28H,9-12,14-16H2,(H,26,30)(H,27,31). The van der Waals surface area contributed by atoms with Gasteiger partial charge in [-0.3, -0.25) is 14.5 Å². The first-order valence-electron chi connectivity index (χ1n) is 10.7. The van der Waals surface area contributed by atoms with Crippen LogP contribution < -0.4 is 10.6 Å². The summed E-state index contributed by atoms with van der Waals surface area (Å²) in [6.45, 7) is 3.58. The lowest BCUT2D eigenvalue weighted by Gasteiger charge is -2.32. The van der Waals surface area contributed by atoms with Gasteiger partial charge in [-0.25, -0.2) is 0 Å². The van der Waals surface area contributed by atoms with E-state index in [0.717, 1.165) is 48.4 Å². The number of amides is 2. The molecule has 0 saturated carbocycles. The number of benzene rings is 2. The van der Waals surface area contributed by atoms with Crippen molar-refractivity contribution in [3.05, 3.63) is 70.9 Å². The van der Waals surface area contributed by atoms with E-state index in [4.69, 9.17) is 11.6 Å². The first-order valence-corrected chi connectivity index (χ1v) is 11.0. The van der Waals surface area contributed by atoms with Crippen LogP contribution in [0.25, 0.3) is 10.9 Å². The Kier molecular flexibility index (Phi) is 6.89. The van der Waals surface area contributed by atoms with Crippen LogP contribution in [0, 0.1) is 5.92 Å². The van der Waals surface area contributed by atoms with E-state index in [1.807, 2.05) is 36.4 Å². The second kappa shape index (κ2) is 9.98. The van der Waals surface area contributed by atoms with Crippen LogP contribution in [0.4, 0.5) is 0 Å². The van der Waals surface area contributed by atoms with Gasteiger partial charge in [0.15, 0.2) is 0 Å². The number of aromatic nitrogens is 1. The summed E-state index contributed by atoms with van der Waals surface area (Å²) in [5.74, 6) is 0.0322. The van der Waals surface area contributed by atoms with Gasteiger partial charge in [0.05, 0.1) is 6.54 Å². The molecule has 2 heterocycles. The van der Waals surface area contributed by atoms with Gasteiger partial charge in [-0.1, -0.05) is 41.9 Å². The predicted molar refractivity (Wildman–Crippen MR) is 123 cm³/mol. The Balaban J connectivity index is 1.15. The number of fused-ring (bicyclic) bond motifs is 1. The van der Waals surface area contributed by atoms with Gasteiger partial charge in [0.2, 0.25) is 5.91 Å². The number of halogens is 1. The van der Waals surface area contributed by atoms with Crippen LogP contribution in [-0.2, 0) is 11.3 Å². The summed E-state index contributed by atoms with van der Waals surface area (Å²) in [6, 6.07) is 17.5. The number of hydrogen-bond acceptors (Lipinski definition) is 3. The summed E-state index contributed by atoms with van der Waals surface area (Å²) in [4.78, 5) is 30.0. The third-order valence-corrected chi connectivity index (χ3v) is 6.05. The fourth-order valence-corrected chi connectivity index (χ4v) is 4.09. The van der Waals surface area contributed by atoms with Gasteiger partial charge >= 0.3 is 0 Å². The maximum absolute atomic E-state index is 12.3. The number of likely N-dealkylation sites (tertiary alicyclic amines) is 1. The fourth-order valence-electron chi connectivity index (χ4n) is 3.97. The first kappa shape index (κ1) is 21.4. The molecule has 1 aliphatic heterocycles. The van der Waals surface area contributed by atoms with Crippen molar-refractivity contribution in [2.75, 3.05) is 26.2 Å². The molecule has 7 heteroatoms. The Hall–Kier alpha value is -2.83. The molecule has 0 aliphatic carbocycles. The van der Waals surface area contributed by atoms with Crippen LogP contribution in [0.1, 0.15) is 28.9 Å². The maximum Gasteiger partial charge on any atom is 0.268 e. The zero-order valence-corrected chi connectivity index (χ0v) is 18.1. The van der Waals surface area contributed by atoms with E-state index in [-0.39, 0.29) is 18.4 Å². The molecule has 0 radical (unpaired) electrons. The van der Waals surface area contributed by atoms with Gasteiger partial charge in [0.25, 0.3) is 5.91 Å². The van der Waals surface area contributed by atoms with Crippen molar-refractivity contribution >= 4 is 34.3 Å². The molecule has 2 amide bonds. The first-order chi connectivity index (χ1) is 15.1. The molecule has 162 valence electrons. The van der Waals surface area contributed by atoms with E-state index in [1.54, 1.807) is 6.07 Å². The summed E-state index contributed by atoms with van der Waals surface area (Å²) in [5, 5.41) is 7.38. The molecule has 3 aromatic rings. The van der Waals surface area contributed by atoms with E-state index in [0.29, 0.717) is 18.2 Å². The largest absolute Gasteiger partial charge is 0.354 e. The number of piperidine rings is 1. The number of carbonyl (C=O) groups is 2. The Morgan fingerprint density at radius 1 is 1.03 bits per heavy atom. The van der Waals surface area contributed by atoms with Gasteiger partial charge < -0.3 is 15.6 Å². The van der Waals surface area contributed by atoms with Crippen molar-refractivity contribution in [1.82, 2.24) is 20.5 Å². The van der Waals surface area contributed by atoms with Crippen LogP contribution in [0.15, 0.2) is 54.6 Å². The monoisotopic (exact) mass is 438 g/mol. The summed E-state index contributed by atoms with van der Waals surface area (Å²) in [5.41, 5.74) is 2.63. The molecule has 1 fully saturated rings. The van der Waals surface area contributed by atoms with E-state index < -0.39 is 0 Å². The Labute approximate surface area is 187 Å². The van der Waals surface area contributed by atoms with Crippen LogP contribution >= 0.6 is 11.6 Å². The highest BCUT2D eigenvalue weighted by Crippen LogP contribution is 2.19. The molecular weight excluding hydrogens is 412 g/mol. The van der Waals surface area contributed by atoms with Gasteiger partial charge in [0.1, 0.15) is 5.69 Å². The van der Waals surface area contributed by atoms with Crippen LogP contribution in [-0.4, -0.2) is 47.9 Å². The quantitative estimate of drug-likeness (QED) is 0.527. The highest BCUT2D eigenvalue weighted by atomic mass is 35.5. The van der Waals surface area contributed by atoms with Gasteiger partial charge in [-0.05, 0) is 61.7 Å². The second-order valence-electron chi connectivity index (χ2n) is 8.10. The minimum absolute atomic E-state index is 0.0242. The zero-order chi connectivity index (χ0) is 21.6. The molecule has 0 unspecified atom stereocenters. The maximum atomic E-state index is 12.3. The lowest BCUT2D eigenvalue weighted by molar-refractivity contribution is -0.120. The smallest absolute Gasteiger partial charge is 0.268 e. The molecule has 6 nitrogen and oxygen atoms in total. The SMILES string of the molecule is O=C(CNC(=O)c1cc2ccccc2[nH]1)NCC1CCN(Cc2ccc(Cl)cc2)CC1. The van der Waals surface area contributed by atoms with Crippen molar-refractivity contribution < 1.29 is 9.59 Å². The number of nitrogens with zero attached hydrogens (tertiary/aromatic N) is 1. The number of para-hydroxylation sites is 1. The second-order valence-corrected chi connectivity index (χ2v) is 8.54. The lowest BCUT2D eigenvalue weighted by Crippen LogP contribution is -2.41. The number of carbonyl (C=O) groups excluding carboxylic acids is 2. The summed E-state index contributed by atoms with van der Waals surface area (Å²) >= 11 is 5.95. The van der Waals surface area contributed by atoms with E-state index in [2.05, 4.69) is 32.7 Å². The Morgan fingerprint density at radius 2 is 1.77 bits per heavy atom. The highest BCUT2D eigenvalue weighted by Gasteiger charge is 2.20. The van der Waals surface area contributed by atoms with Crippen LogP contribution in [0.3, 0.4) is 0 Å². The van der Waals surface area contributed by atoms with Crippen LogP contribution in [0.2, 0.25) is 5.02 Å². The Bertz CT molecular complexity index is 1010. The van der Waals surface area contributed by atoms with Gasteiger partial charge in [-0.2, -0.15) is 0 Å². The van der Waals surface area contributed by atoms with Crippen LogP contribution in [0.5, 0.6) is 0 Å². The molecule has 31 heavy (non-hydrogen) atoms. The van der Waals surface area contributed by atoms with Gasteiger partial charge in [-0.15, -0.1) is 0 Å². The molecule has 2 aromatic carbocycles. The normalized spacial score (nSPS) is 15.1. The molecule has 4 rings (SSSR count). The van der Waals surface area contributed by atoms with E-state index in [9.17, 15) is 9.59 Å². The number of hydrogen-bond donors (Lipinski definition) is 3.